The van der Waals surface area contributed by atoms with Crippen molar-refractivity contribution in [2.24, 2.45) is 0 Å². The SMILES string of the molecule is CCOC(=O)c1ccc(NC(=S)O[C@H]2CCN(C(=O)c3cc(C(C)(F)F)cc(C(F)(F)F)c3)[C@H](Cc3ccccc3)C2)cc1. The minimum absolute atomic E-state index is 0.0600. The number of likely N-dealkylation sites (tertiary alicyclic amines) is 1. The van der Waals surface area contributed by atoms with Crippen molar-refractivity contribution in [3.05, 3.63) is 101 Å². The second kappa shape index (κ2) is 13.7. The number of thiocarbonyl (C=S) groups is 1. The summed E-state index contributed by atoms with van der Waals surface area (Å²) in [7, 11) is 0. The zero-order chi connectivity index (χ0) is 32.1. The van der Waals surface area contributed by atoms with Crippen molar-refractivity contribution in [1.82, 2.24) is 4.90 Å². The Hall–Kier alpha value is -4.06. The fraction of sp³-hybridized carbons (Fsp3) is 0.344. The Labute approximate surface area is 257 Å². The van der Waals surface area contributed by atoms with E-state index in [1.165, 1.54) is 4.90 Å². The van der Waals surface area contributed by atoms with E-state index in [0.717, 1.165) is 11.6 Å². The fourth-order valence-corrected chi connectivity index (χ4v) is 5.26. The van der Waals surface area contributed by atoms with Gasteiger partial charge in [0, 0.05) is 49.2 Å². The zero-order valence-electron chi connectivity index (χ0n) is 24.0. The number of hydrogen-bond donors (Lipinski definition) is 1. The van der Waals surface area contributed by atoms with Gasteiger partial charge in [-0.25, -0.2) is 13.6 Å². The van der Waals surface area contributed by atoms with E-state index in [-0.39, 0.29) is 18.3 Å². The molecule has 6 nitrogen and oxygen atoms in total. The predicted molar refractivity (Wildman–Crippen MR) is 159 cm³/mol. The molecular weight excluding hydrogens is 603 g/mol. The maximum absolute atomic E-state index is 14.1. The minimum Gasteiger partial charge on any atom is -0.467 e. The third-order valence-electron chi connectivity index (χ3n) is 7.17. The lowest BCUT2D eigenvalue weighted by Crippen LogP contribution is -2.49. The molecule has 0 saturated carbocycles. The van der Waals surface area contributed by atoms with Crippen LogP contribution in [-0.4, -0.2) is 47.2 Å². The topological polar surface area (TPSA) is 67.9 Å². The molecule has 3 aromatic rings. The number of anilines is 1. The molecule has 1 saturated heterocycles. The van der Waals surface area contributed by atoms with Crippen molar-refractivity contribution >= 4 is 35.0 Å². The molecule has 1 aliphatic rings. The molecule has 1 amide bonds. The van der Waals surface area contributed by atoms with Gasteiger partial charge >= 0.3 is 12.1 Å². The minimum atomic E-state index is -4.91. The molecule has 0 aliphatic carbocycles. The lowest BCUT2D eigenvalue weighted by atomic mass is 9.92. The number of ether oxygens (including phenoxy) is 2. The number of amides is 1. The summed E-state index contributed by atoms with van der Waals surface area (Å²) < 4.78 is 80.0. The van der Waals surface area contributed by atoms with Crippen molar-refractivity contribution in [2.75, 3.05) is 18.5 Å². The summed E-state index contributed by atoms with van der Waals surface area (Å²) in [6, 6.07) is 16.9. The highest BCUT2D eigenvalue weighted by Crippen LogP contribution is 2.36. The van der Waals surface area contributed by atoms with Crippen molar-refractivity contribution in [3.8, 4) is 0 Å². The molecular formula is C32H31F5N2O4S. The molecule has 0 unspecified atom stereocenters. The second-order valence-electron chi connectivity index (χ2n) is 10.5. The van der Waals surface area contributed by atoms with Gasteiger partial charge in [-0.15, -0.1) is 0 Å². The number of piperidine rings is 1. The number of carbonyl (C=O) groups is 2. The highest BCUT2D eigenvalue weighted by molar-refractivity contribution is 7.80. The van der Waals surface area contributed by atoms with Crippen LogP contribution in [0.15, 0.2) is 72.8 Å². The van der Waals surface area contributed by atoms with Crippen LogP contribution >= 0.6 is 12.2 Å². The van der Waals surface area contributed by atoms with E-state index in [4.69, 9.17) is 21.7 Å². The molecule has 3 aromatic carbocycles. The van der Waals surface area contributed by atoms with E-state index >= 15 is 0 Å². The van der Waals surface area contributed by atoms with E-state index in [1.54, 1.807) is 31.2 Å². The molecule has 1 fully saturated rings. The van der Waals surface area contributed by atoms with Gasteiger partial charge in [0.25, 0.3) is 17.0 Å². The van der Waals surface area contributed by atoms with E-state index in [0.29, 0.717) is 49.6 Å². The molecule has 2 atom stereocenters. The Morgan fingerprint density at radius 3 is 2.23 bits per heavy atom. The van der Waals surface area contributed by atoms with E-state index in [1.807, 2.05) is 30.3 Å². The molecule has 234 valence electrons. The normalized spacial score (nSPS) is 17.1. The molecule has 0 bridgehead atoms. The Morgan fingerprint density at radius 1 is 0.955 bits per heavy atom. The maximum atomic E-state index is 14.1. The van der Waals surface area contributed by atoms with Crippen LogP contribution in [0.2, 0.25) is 0 Å². The van der Waals surface area contributed by atoms with Gasteiger partial charge in [0.15, 0.2) is 0 Å². The van der Waals surface area contributed by atoms with Gasteiger partial charge in [-0.05, 0) is 73.6 Å². The highest BCUT2D eigenvalue weighted by Gasteiger charge is 2.38. The first-order valence-electron chi connectivity index (χ1n) is 13.9. The second-order valence-corrected chi connectivity index (χ2v) is 10.9. The van der Waals surface area contributed by atoms with Gasteiger partial charge in [0.2, 0.25) is 0 Å². The number of alkyl halides is 5. The average Bonchev–Trinajstić information content (AvgIpc) is 2.97. The van der Waals surface area contributed by atoms with Crippen LogP contribution in [0.25, 0.3) is 0 Å². The summed E-state index contributed by atoms with van der Waals surface area (Å²) >= 11 is 5.38. The van der Waals surface area contributed by atoms with Gasteiger partial charge < -0.3 is 19.7 Å². The van der Waals surface area contributed by atoms with Crippen molar-refractivity contribution in [2.45, 2.75) is 57.4 Å². The zero-order valence-corrected chi connectivity index (χ0v) is 24.8. The molecule has 44 heavy (non-hydrogen) atoms. The molecule has 4 rings (SSSR count). The first kappa shape index (κ1) is 32.8. The lowest BCUT2D eigenvalue weighted by Gasteiger charge is -2.40. The smallest absolute Gasteiger partial charge is 0.416 e. The number of rotatable bonds is 8. The van der Waals surface area contributed by atoms with Gasteiger partial charge in [-0.1, -0.05) is 30.3 Å². The first-order valence-corrected chi connectivity index (χ1v) is 14.4. The van der Waals surface area contributed by atoms with Crippen LogP contribution < -0.4 is 5.32 Å². The van der Waals surface area contributed by atoms with Crippen molar-refractivity contribution < 1.29 is 41.0 Å². The van der Waals surface area contributed by atoms with Gasteiger partial charge in [-0.3, -0.25) is 4.79 Å². The highest BCUT2D eigenvalue weighted by atomic mass is 32.1. The monoisotopic (exact) mass is 634 g/mol. The van der Waals surface area contributed by atoms with Gasteiger partial charge in [-0.2, -0.15) is 13.2 Å². The molecule has 1 heterocycles. The number of carbonyl (C=O) groups excluding carboxylic acids is 2. The Bertz CT molecular complexity index is 1440. The third kappa shape index (κ3) is 8.52. The number of hydrogen-bond acceptors (Lipinski definition) is 5. The first-order chi connectivity index (χ1) is 20.7. The summed E-state index contributed by atoms with van der Waals surface area (Å²) in [5.41, 5.74) is -0.838. The van der Waals surface area contributed by atoms with Gasteiger partial charge in [0.05, 0.1) is 17.7 Å². The Morgan fingerprint density at radius 2 is 1.61 bits per heavy atom. The van der Waals surface area contributed by atoms with Crippen LogP contribution in [-0.2, 0) is 28.0 Å². The molecule has 0 spiro atoms. The summed E-state index contributed by atoms with van der Waals surface area (Å²) in [4.78, 5) is 27.0. The number of nitrogens with zero attached hydrogens (tertiary/aromatic N) is 1. The third-order valence-corrected chi connectivity index (χ3v) is 7.37. The average molecular weight is 635 g/mol. The van der Waals surface area contributed by atoms with E-state index in [9.17, 15) is 31.5 Å². The number of nitrogens with one attached hydrogen (secondary N) is 1. The van der Waals surface area contributed by atoms with E-state index in [2.05, 4.69) is 5.32 Å². The Kier molecular flexibility index (Phi) is 10.2. The standard InChI is InChI=1S/C32H31F5N2O4S/c1-3-42-29(41)21-9-11-25(12-10-21)38-30(44)43-27-13-14-39(26(19-27)15-20-7-5-4-6-8-20)28(40)22-16-23(31(2,33)34)18-24(17-22)32(35,36)37/h4-12,16-18,26-27H,3,13-15,19H2,1-2H3,(H,38,44)/t26-,27+/m1/s1. The Balaban J connectivity index is 1.52. The summed E-state index contributed by atoms with van der Waals surface area (Å²) in [6.07, 6.45) is -4.40. The van der Waals surface area contributed by atoms with Crippen LogP contribution in [0, 0.1) is 0 Å². The van der Waals surface area contributed by atoms with Crippen molar-refractivity contribution in [1.29, 1.82) is 0 Å². The quantitative estimate of drug-likeness (QED) is 0.156. The van der Waals surface area contributed by atoms with Crippen LogP contribution in [0.4, 0.5) is 27.6 Å². The largest absolute Gasteiger partial charge is 0.467 e. The molecule has 0 aromatic heterocycles. The predicted octanol–water partition coefficient (Wildman–Crippen LogP) is 7.62. The van der Waals surface area contributed by atoms with Crippen LogP contribution in [0.5, 0.6) is 0 Å². The summed E-state index contributed by atoms with van der Waals surface area (Å²) in [5.74, 6) is -4.81. The number of benzene rings is 3. The fourth-order valence-electron chi connectivity index (χ4n) is 5.01. The van der Waals surface area contributed by atoms with Crippen LogP contribution in [0.3, 0.4) is 0 Å². The maximum Gasteiger partial charge on any atom is 0.416 e. The molecule has 1 aliphatic heterocycles. The molecule has 0 radical (unpaired) electrons. The number of halogens is 5. The van der Waals surface area contributed by atoms with Gasteiger partial charge in [0.1, 0.15) is 6.10 Å². The van der Waals surface area contributed by atoms with Crippen molar-refractivity contribution in [3.63, 3.8) is 0 Å². The van der Waals surface area contributed by atoms with Crippen LogP contribution in [0.1, 0.15) is 64.1 Å². The summed E-state index contributed by atoms with van der Waals surface area (Å²) in [5, 5.41) is 3.01. The lowest BCUT2D eigenvalue weighted by molar-refractivity contribution is -0.137. The molecule has 12 heteroatoms. The number of esters is 1. The molecule has 1 N–H and O–H groups in total. The summed E-state index contributed by atoms with van der Waals surface area (Å²) in [6.45, 7) is 2.56. The van der Waals surface area contributed by atoms with E-state index < -0.39 is 52.8 Å².